The summed E-state index contributed by atoms with van der Waals surface area (Å²) in [6.45, 7) is 16.7. The predicted octanol–water partition coefficient (Wildman–Crippen LogP) is 5.33. The maximum atomic E-state index is 13.6. The molecule has 3 heterocycles. The molecule has 0 aromatic heterocycles. The third kappa shape index (κ3) is 3.67. The summed E-state index contributed by atoms with van der Waals surface area (Å²) in [6.07, 6.45) is 3.51. The lowest BCUT2D eigenvalue weighted by atomic mass is 9.82. The Morgan fingerprint density at radius 2 is 1.84 bits per heavy atom. The average Bonchev–Trinajstić information content (AvgIpc) is 2.79. The van der Waals surface area contributed by atoms with Crippen molar-refractivity contribution in [2.45, 2.75) is 84.9 Å². The summed E-state index contributed by atoms with van der Waals surface area (Å²) in [5, 5.41) is 0. The number of carbonyl (C=O) groups excluding carboxylic acids is 2. The first-order valence-corrected chi connectivity index (χ1v) is 11.9. The van der Waals surface area contributed by atoms with Gasteiger partial charge in [-0.1, -0.05) is 30.7 Å². The molecule has 2 fully saturated rings. The fourth-order valence-corrected chi connectivity index (χ4v) is 5.91. The van der Waals surface area contributed by atoms with Crippen LogP contribution in [0.15, 0.2) is 23.9 Å². The van der Waals surface area contributed by atoms with E-state index in [-0.39, 0.29) is 23.6 Å². The van der Waals surface area contributed by atoms with Gasteiger partial charge in [-0.05, 0) is 71.1 Å². The molecule has 3 aliphatic rings. The van der Waals surface area contributed by atoms with E-state index in [1.54, 1.807) is 4.90 Å². The van der Waals surface area contributed by atoms with Crippen molar-refractivity contribution in [1.29, 1.82) is 0 Å². The maximum Gasteiger partial charge on any atom is 0.410 e. The maximum absolute atomic E-state index is 13.6. The zero-order valence-corrected chi connectivity index (χ0v) is 20.6. The minimum atomic E-state index is -0.511. The summed E-state index contributed by atoms with van der Waals surface area (Å²) < 4.78 is 5.59. The third-order valence-electron chi connectivity index (χ3n) is 7.11. The lowest BCUT2D eigenvalue weighted by Crippen LogP contribution is -2.55. The van der Waals surface area contributed by atoms with Gasteiger partial charge >= 0.3 is 12.1 Å². The molecule has 3 aliphatic heterocycles. The van der Waals surface area contributed by atoms with E-state index < -0.39 is 5.60 Å². The van der Waals surface area contributed by atoms with E-state index in [4.69, 9.17) is 4.74 Å². The number of likely N-dealkylation sites (tertiary alicyclic amines) is 1. The molecule has 0 unspecified atom stereocenters. The number of hydrogen-bond donors (Lipinski definition) is 0. The van der Waals surface area contributed by atoms with Crippen LogP contribution in [0.1, 0.15) is 75.6 Å². The number of piperidine rings is 1. The highest BCUT2D eigenvalue weighted by atomic mass is 16.6. The summed E-state index contributed by atoms with van der Waals surface area (Å²) in [5.41, 5.74) is 5.36. The van der Waals surface area contributed by atoms with Gasteiger partial charge in [0.1, 0.15) is 5.60 Å². The SMILES string of the molecule is CCN1C(=O)N2Cc3cc(C)cc(C)c3[C@@H](C)C=C2C12CCN(C(=O)OC(C)(C)C)CC2. The Hall–Kier alpha value is -2.50. The van der Waals surface area contributed by atoms with Gasteiger partial charge in [0.25, 0.3) is 0 Å². The summed E-state index contributed by atoms with van der Waals surface area (Å²) in [6, 6.07) is 4.55. The van der Waals surface area contributed by atoms with E-state index in [1.807, 2.05) is 30.6 Å². The van der Waals surface area contributed by atoms with Crippen LogP contribution in [0.4, 0.5) is 9.59 Å². The molecule has 6 heteroatoms. The number of benzene rings is 1. The Kier molecular flexibility index (Phi) is 5.54. The molecule has 0 aliphatic carbocycles. The molecule has 1 aromatic carbocycles. The second-order valence-electron chi connectivity index (χ2n) is 10.6. The van der Waals surface area contributed by atoms with Crippen molar-refractivity contribution in [1.82, 2.24) is 14.7 Å². The lowest BCUT2D eigenvalue weighted by Gasteiger charge is -2.44. The number of allylic oxidation sites excluding steroid dienone is 1. The quantitative estimate of drug-likeness (QED) is 0.594. The first-order valence-electron chi connectivity index (χ1n) is 11.9. The van der Waals surface area contributed by atoms with Crippen LogP contribution in [0, 0.1) is 13.8 Å². The van der Waals surface area contributed by atoms with Gasteiger partial charge < -0.3 is 14.5 Å². The number of rotatable bonds is 1. The fourth-order valence-electron chi connectivity index (χ4n) is 5.91. The van der Waals surface area contributed by atoms with Crippen LogP contribution in [-0.2, 0) is 11.3 Å². The fraction of sp³-hybridized carbons (Fsp3) is 0.615. The van der Waals surface area contributed by atoms with Gasteiger partial charge in [0.05, 0.1) is 12.1 Å². The number of likely N-dealkylation sites (N-methyl/N-ethyl adjacent to an activating group) is 1. The van der Waals surface area contributed by atoms with Crippen molar-refractivity contribution in [3.8, 4) is 0 Å². The van der Waals surface area contributed by atoms with Crippen molar-refractivity contribution in [2.24, 2.45) is 0 Å². The van der Waals surface area contributed by atoms with Gasteiger partial charge in [0.2, 0.25) is 0 Å². The molecule has 0 saturated carbocycles. The first-order chi connectivity index (χ1) is 15.0. The van der Waals surface area contributed by atoms with Crippen molar-refractivity contribution in [2.75, 3.05) is 19.6 Å². The molecule has 1 spiro atoms. The first kappa shape index (κ1) is 22.7. The topological polar surface area (TPSA) is 53.1 Å². The van der Waals surface area contributed by atoms with E-state index >= 15 is 0 Å². The molecule has 2 saturated heterocycles. The van der Waals surface area contributed by atoms with Gasteiger partial charge in [0, 0.05) is 31.2 Å². The molecule has 1 aromatic rings. The second-order valence-corrected chi connectivity index (χ2v) is 10.6. The number of aryl methyl sites for hydroxylation is 2. The minimum Gasteiger partial charge on any atom is -0.444 e. The smallest absolute Gasteiger partial charge is 0.410 e. The number of nitrogens with zero attached hydrogens (tertiary/aromatic N) is 3. The van der Waals surface area contributed by atoms with E-state index in [0.717, 1.165) is 18.5 Å². The number of fused-ring (bicyclic) bond motifs is 3. The summed E-state index contributed by atoms with van der Waals surface area (Å²) in [7, 11) is 0. The highest BCUT2D eigenvalue weighted by Gasteiger charge is 2.55. The number of carbonyl (C=O) groups is 2. The lowest BCUT2D eigenvalue weighted by molar-refractivity contribution is 0.0113. The van der Waals surface area contributed by atoms with Gasteiger partial charge in [-0.3, -0.25) is 4.90 Å². The van der Waals surface area contributed by atoms with Crippen LogP contribution in [0.25, 0.3) is 0 Å². The molecule has 174 valence electrons. The Morgan fingerprint density at radius 1 is 1.19 bits per heavy atom. The van der Waals surface area contributed by atoms with E-state index in [9.17, 15) is 9.59 Å². The Morgan fingerprint density at radius 3 is 2.44 bits per heavy atom. The summed E-state index contributed by atoms with van der Waals surface area (Å²) >= 11 is 0. The average molecular weight is 440 g/mol. The molecule has 0 bridgehead atoms. The third-order valence-corrected chi connectivity index (χ3v) is 7.11. The molecule has 4 rings (SSSR count). The molecule has 0 N–H and O–H groups in total. The van der Waals surface area contributed by atoms with Crippen molar-refractivity contribution in [3.63, 3.8) is 0 Å². The highest BCUT2D eigenvalue weighted by Crippen LogP contribution is 2.47. The largest absolute Gasteiger partial charge is 0.444 e. The minimum absolute atomic E-state index is 0.0867. The van der Waals surface area contributed by atoms with E-state index in [2.05, 4.69) is 45.9 Å². The number of urea groups is 1. The molecular weight excluding hydrogens is 402 g/mol. The van der Waals surface area contributed by atoms with Gasteiger partial charge in [-0.15, -0.1) is 0 Å². The molecule has 1 atom stereocenters. The summed E-state index contributed by atoms with van der Waals surface area (Å²) in [4.78, 5) is 32.0. The van der Waals surface area contributed by atoms with Crippen LogP contribution < -0.4 is 0 Å². The van der Waals surface area contributed by atoms with Gasteiger partial charge in [-0.25, -0.2) is 9.59 Å². The normalized spacial score (nSPS) is 22.5. The zero-order chi connectivity index (χ0) is 23.4. The Balaban J connectivity index is 1.67. The van der Waals surface area contributed by atoms with Crippen LogP contribution >= 0.6 is 0 Å². The highest BCUT2D eigenvalue weighted by molar-refractivity contribution is 5.83. The van der Waals surface area contributed by atoms with E-state index in [1.165, 1.54) is 22.3 Å². The molecular formula is C26H37N3O3. The van der Waals surface area contributed by atoms with Crippen molar-refractivity contribution in [3.05, 3.63) is 46.2 Å². The van der Waals surface area contributed by atoms with Gasteiger partial charge in [-0.2, -0.15) is 0 Å². The molecule has 3 amide bonds. The van der Waals surface area contributed by atoms with Crippen LogP contribution in [0.2, 0.25) is 0 Å². The molecule has 0 radical (unpaired) electrons. The van der Waals surface area contributed by atoms with E-state index in [0.29, 0.717) is 26.2 Å². The number of hydrogen-bond acceptors (Lipinski definition) is 3. The molecule has 6 nitrogen and oxygen atoms in total. The van der Waals surface area contributed by atoms with Crippen LogP contribution in [-0.4, -0.2) is 57.6 Å². The number of amides is 3. The van der Waals surface area contributed by atoms with Crippen LogP contribution in [0.3, 0.4) is 0 Å². The zero-order valence-electron chi connectivity index (χ0n) is 20.6. The molecule has 32 heavy (non-hydrogen) atoms. The standard InChI is InChI=1S/C26H37N3O3/c1-8-29-23(30)28-16-20-14-17(2)13-18(3)22(20)19(4)15-21(28)26(29)9-11-27(12-10-26)24(31)32-25(5,6)7/h13-15,19H,8-12,16H2,1-7H3/t19-/m0/s1. The van der Waals surface area contributed by atoms with Crippen molar-refractivity contribution < 1.29 is 14.3 Å². The van der Waals surface area contributed by atoms with Crippen LogP contribution in [0.5, 0.6) is 0 Å². The number of ether oxygens (including phenoxy) is 1. The van der Waals surface area contributed by atoms with Gasteiger partial charge in [0.15, 0.2) is 0 Å². The summed E-state index contributed by atoms with van der Waals surface area (Å²) in [5.74, 6) is 0.232. The Labute approximate surface area is 192 Å². The second kappa shape index (κ2) is 7.82. The van der Waals surface area contributed by atoms with Crippen molar-refractivity contribution >= 4 is 12.1 Å². The monoisotopic (exact) mass is 439 g/mol. The Bertz CT molecular complexity index is 967. The predicted molar refractivity (Wildman–Crippen MR) is 126 cm³/mol.